The Labute approximate surface area is 91.1 Å². The average Bonchev–Trinajstić information content (AvgIpc) is 2.18. The zero-order chi connectivity index (χ0) is 11.7. The molecule has 1 unspecified atom stereocenters. The fourth-order valence-corrected chi connectivity index (χ4v) is 2.53. The Kier molecular flexibility index (Phi) is 3.41. The van der Waals surface area contributed by atoms with E-state index in [2.05, 4.69) is 0 Å². The van der Waals surface area contributed by atoms with E-state index in [0.717, 1.165) is 19.3 Å². The minimum Gasteiger partial charge on any atom is -0.477 e. The van der Waals surface area contributed by atoms with Crippen LogP contribution in [-0.2, 0) is 4.79 Å². The van der Waals surface area contributed by atoms with Gasteiger partial charge in [-0.05, 0) is 12.8 Å². The van der Waals surface area contributed by atoms with Crippen molar-refractivity contribution in [1.82, 2.24) is 0 Å². The molecule has 1 aliphatic rings. The first-order valence-electron chi connectivity index (χ1n) is 5.60. The van der Waals surface area contributed by atoms with Crippen LogP contribution in [0, 0.1) is 0 Å². The topological polar surface area (TPSA) is 57.5 Å². The van der Waals surface area contributed by atoms with Gasteiger partial charge in [-0.3, -0.25) is 4.48 Å². The van der Waals surface area contributed by atoms with Crippen molar-refractivity contribution in [2.75, 3.05) is 14.1 Å². The van der Waals surface area contributed by atoms with Gasteiger partial charge < -0.3 is 10.2 Å². The molecule has 88 valence electrons. The molecule has 0 heterocycles. The number of aliphatic hydroxyl groups is 1. The smallest absolute Gasteiger partial charge is 0.365 e. The van der Waals surface area contributed by atoms with Gasteiger partial charge in [-0.25, -0.2) is 4.79 Å². The summed E-state index contributed by atoms with van der Waals surface area (Å²) in [5, 5.41) is 19.2. The minimum absolute atomic E-state index is 0.155. The second-order valence-corrected chi connectivity index (χ2v) is 5.07. The number of likely N-dealkylation sites (N-methyl/N-ethyl adjacent to an activating group) is 1. The van der Waals surface area contributed by atoms with Crippen molar-refractivity contribution in [2.24, 2.45) is 0 Å². The molecule has 1 atom stereocenters. The summed E-state index contributed by atoms with van der Waals surface area (Å²) in [5.74, 6) is -0.770. The fourth-order valence-electron chi connectivity index (χ4n) is 2.53. The average molecular weight is 216 g/mol. The second kappa shape index (κ2) is 4.10. The Hall–Kier alpha value is -0.610. The Morgan fingerprint density at radius 1 is 1.27 bits per heavy atom. The molecule has 2 N–H and O–H groups in total. The Morgan fingerprint density at radius 3 is 2.07 bits per heavy atom. The molecule has 0 aromatic carbocycles. The van der Waals surface area contributed by atoms with E-state index in [1.54, 1.807) is 6.92 Å². The zero-order valence-corrected chi connectivity index (χ0v) is 9.86. The highest BCUT2D eigenvalue weighted by Gasteiger charge is 2.54. The van der Waals surface area contributed by atoms with Gasteiger partial charge >= 0.3 is 5.97 Å². The standard InChI is InChI=1S/C11H21NO3/c1-9(13)12(2,3)11(10(14)15)7-5-4-6-8-11/h9,13H,4-8H2,1-3H3/p+1. The van der Waals surface area contributed by atoms with Crippen LogP contribution in [0.4, 0.5) is 0 Å². The molecule has 4 heteroatoms. The summed E-state index contributed by atoms with van der Waals surface area (Å²) < 4.78 is 0.155. The number of quaternary nitrogens is 1. The predicted octanol–water partition coefficient (Wildman–Crippen LogP) is 1.19. The highest BCUT2D eigenvalue weighted by atomic mass is 16.4. The largest absolute Gasteiger partial charge is 0.477 e. The third-order valence-corrected chi connectivity index (χ3v) is 4.12. The normalized spacial score (nSPS) is 23.5. The quantitative estimate of drug-likeness (QED) is 0.550. The van der Waals surface area contributed by atoms with Gasteiger partial charge in [-0.1, -0.05) is 6.42 Å². The van der Waals surface area contributed by atoms with Crippen molar-refractivity contribution in [3.63, 3.8) is 0 Å². The van der Waals surface area contributed by atoms with Crippen LogP contribution in [0.15, 0.2) is 0 Å². The van der Waals surface area contributed by atoms with Crippen LogP contribution < -0.4 is 0 Å². The fraction of sp³-hybridized carbons (Fsp3) is 0.909. The molecule has 0 bridgehead atoms. The summed E-state index contributed by atoms with van der Waals surface area (Å²) in [5.41, 5.74) is -0.799. The molecular weight excluding hydrogens is 194 g/mol. The Balaban J connectivity index is 3.04. The van der Waals surface area contributed by atoms with Crippen molar-refractivity contribution in [1.29, 1.82) is 0 Å². The first-order chi connectivity index (χ1) is 6.84. The van der Waals surface area contributed by atoms with Crippen LogP contribution >= 0.6 is 0 Å². The number of hydrogen-bond acceptors (Lipinski definition) is 2. The molecule has 0 spiro atoms. The number of carbonyl (C=O) groups is 1. The van der Waals surface area contributed by atoms with E-state index in [9.17, 15) is 15.0 Å². The maximum absolute atomic E-state index is 11.5. The van der Waals surface area contributed by atoms with Crippen molar-refractivity contribution >= 4 is 5.97 Å². The van der Waals surface area contributed by atoms with E-state index >= 15 is 0 Å². The molecule has 15 heavy (non-hydrogen) atoms. The number of aliphatic hydroxyl groups excluding tert-OH is 1. The van der Waals surface area contributed by atoms with Crippen molar-refractivity contribution in [2.45, 2.75) is 50.8 Å². The minimum atomic E-state index is -0.799. The monoisotopic (exact) mass is 216 g/mol. The number of hydrogen-bond donors (Lipinski definition) is 2. The van der Waals surface area contributed by atoms with Crippen LogP contribution in [0.25, 0.3) is 0 Å². The number of aliphatic carboxylic acids is 1. The van der Waals surface area contributed by atoms with Gasteiger partial charge in [0.25, 0.3) is 0 Å². The predicted molar refractivity (Wildman–Crippen MR) is 57.2 cm³/mol. The van der Waals surface area contributed by atoms with E-state index in [1.165, 1.54) is 0 Å². The molecule has 1 rings (SSSR count). The first-order valence-corrected chi connectivity index (χ1v) is 5.60. The second-order valence-electron chi connectivity index (χ2n) is 5.07. The third-order valence-electron chi connectivity index (χ3n) is 4.12. The van der Waals surface area contributed by atoms with Crippen LogP contribution in [0.3, 0.4) is 0 Å². The molecule has 0 saturated heterocycles. The Bertz CT molecular complexity index is 242. The van der Waals surface area contributed by atoms with Crippen LogP contribution in [-0.4, -0.2) is 46.5 Å². The Morgan fingerprint density at radius 2 is 1.73 bits per heavy atom. The van der Waals surface area contributed by atoms with Crippen LogP contribution in [0.5, 0.6) is 0 Å². The number of carboxylic acid groups (broad SMARTS) is 1. The molecule has 0 amide bonds. The van der Waals surface area contributed by atoms with Gasteiger partial charge in [0.15, 0.2) is 11.8 Å². The van der Waals surface area contributed by atoms with Crippen molar-refractivity contribution in [3.8, 4) is 0 Å². The van der Waals surface area contributed by atoms with Gasteiger partial charge in [0.1, 0.15) is 0 Å². The summed E-state index contributed by atoms with van der Waals surface area (Å²) in [7, 11) is 3.62. The van der Waals surface area contributed by atoms with Gasteiger partial charge in [-0.2, -0.15) is 0 Å². The van der Waals surface area contributed by atoms with Gasteiger partial charge in [0.2, 0.25) is 0 Å². The zero-order valence-electron chi connectivity index (χ0n) is 9.86. The molecule has 1 saturated carbocycles. The first kappa shape index (κ1) is 12.5. The molecule has 1 aliphatic carbocycles. The third kappa shape index (κ3) is 1.88. The molecule has 0 radical (unpaired) electrons. The van der Waals surface area contributed by atoms with Gasteiger partial charge in [0, 0.05) is 19.8 Å². The van der Waals surface area contributed by atoms with Gasteiger partial charge in [-0.15, -0.1) is 0 Å². The summed E-state index contributed by atoms with van der Waals surface area (Å²) in [6, 6.07) is 0. The van der Waals surface area contributed by atoms with E-state index in [0.29, 0.717) is 12.8 Å². The van der Waals surface area contributed by atoms with E-state index in [-0.39, 0.29) is 4.48 Å². The van der Waals surface area contributed by atoms with Crippen LogP contribution in [0.1, 0.15) is 39.0 Å². The number of rotatable bonds is 3. The molecule has 0 aliphatic heterocycles. The maximum Gasteiger partial charge on any atom is 0.365 e. The highest BCUT2D eigenvalue weighted by Crippen LogP contribution is 2.38. The van der Waals surface area contributed by atoms with E-state index in [1.807, 2.05) is 14.1 Å². The highest BCUT2D eigenvalue weighted by molar-refractivity contribution is 5.77. The lowest BCUT2D eigenvalue weighted by Crippen LogP contribution is -2.68. The maximum atomic E-state index is 11.5. The van der Waals surface area contributed by atoms with Crippen LogP contribution in [0.2, 0.25) is 0 Å². The van der Waals surface area contributed by atoms with Crippen molar-refractivity contribution < 1.29 is 19.5 Å². The molecule has 1 fully saturated rings. The molecular formula is C11H22NO3+. The lowest BCUT2D eigenvalue weighted by Gasteiger charge is -2.49. The van der Waals surface area contributed by atoms with Crippen molar-refractivity contribution in [3.05, 3.63) is 0 Å². The summed E-state index contributed by atoms with van der Waals surface area (Å²) in [4.78, 5) is 11.5. The van der Waals surface area contributed by atoms with E-state index < -0.39 is 17.7 Å². The SMILES string of the molecule is CC(O)[N+](C)(C)C1(C(=O)O)CCCCC1. The number of nitrogens with zero attached hydrogens (tertiary/aromatic N) is 1. The lowest BCUT2D eigenvalue weighted by molar-refractivity contribution is -0.974. The summed E-state index contributed by atoms with van der Waals surface area (Å²) >= 11 is 0. The molecule has 0 aromatic heterocycles. The summed E-state index contributed by atoms with van der Waals surface area (Å²) in [6.07, 6.45) is 3.68. The molecule has 0 aromatic rings. The van der Waals surface area contributed by atoms with E-state index in [4.69, 9.17) is 0 Å². The summed E-state index contributed by atoms with van der Waals surface area (Å²) in [6.45, 7) is 1.67. The lowest BCUT2D eigenvalue weighted by atomic mass is 9.78. The van der Waals surface area contributed by atoms with Gasteiger partial charge in [0.05, 0.1) is 14.1 Å². The number of carboxylic acids is 1. The molecule has 4 nitrogen and oxygen atoms in total.